The van der Waals surface area contributed by atoms with Crippen molar-refractivity contribution in [1.82, 2.24) is 5.32 Å². The van der Waals surface area contributed by atoms with Gasteiger partial charge in [-0.25, -0.2) is 4.79 Å². The lowest BCUT2D eigenvalue weighted by Gasteiger charge is -2.27. The molecule has 1 heterocycles. The first-order chi connectivity index (χ1) is 10.9. The van der Waals surface area contributed by atoms with Gasteiger partial charge >= 0.3 is 5.97 Å². The lowest BCUT2D eigenvalue weighted by atomic mass is 10.0. The van der Waals surface area contributed by atoms with Crippen LogP contribution in [0.15, 0.2) is 23.8 Å². The van der Waals surface area contributed by atoms with E-state index in [0.717, 1.165) is 0 Å². The maximum absolute atomic E-state index is 12.3. The topological polar surface area (TPSA) is 94.1 Å². The molecule has 1 amide bonds. The number of carboxylic acids is 1. The third kappa shape index (κ3) is 3.62. The Labute approximate surface area is 133 Å². The van der Waals surface area contributed by atoms with Crippen LogP contribution in [0.3, 0.4) is 0 Å². The molecule has 23 heavy (non-hydrogen) atoms. The van der Waals surface area contributed by atoms with Gasteiger partial charge in [-0.3, -0.25) is 4.79 Å². The summed E-state index contributed by atoms with van der Waals surface area (Å²) < 4.78 is 15.5. The normalized spacial score (nSPS) is 15.5. The highest BCUT2D eigenvalue weighted by molar-refractivity contribution is 6.01. The van der Waals surface area contributed by atoms with Crippen LogP contribution in [0.4, 0.5) is 0 Å². The molecule has 124 valence electrons. The van der Waals surface area contributed by atoms with Crippen molar-refractivity contribution < 1.29 is 28.9 Å². The smallest absolute Gasteiger partial charge is 0.331 e. The summed E-state index contributed by atoms with van der Waals surface area (Å²) in [5, 5.41) is 11.8. The molecule has 1 aliphatic heterocycles. The van der Waals surface area contributed by atoms with Gasteiger partial charge in [-0.2, -0.15) is 0 Å². The quantitative estimate of drug-likeness (QED) is 0.814. The number of nitrogens with one attached hydrogen (secondary N) is 1. The number of ether oxygens (including phenoxy) is 3. The van der Waals surface area contributed by atoms with Crippen molar-refractivity contribution in [3.63, 3.8) is 0 Å². The average Bonchev–Trinajstić information content (AvgIpc) is 2.53. The van der Waals surface area contributed by atoms with E-state index in [1.54, 1.807) is 31.4 Å². The van der Waals surface area contributed by atoms with Crippen LogP contribution < -0.4 is 14.8 Å². The van der Waals surface area contributed by atoms with E-state index in [-0.39, 0.29) is 13.2 Å². The van der Waals surface area contributed by atoms with E-state index >= 15 is 0 Å². The Bertz CT molecular complexity index is 654. The summed E-state index contributed by atoms with van der Waals surface area (Å²) in [6.45, 7) is 1.30. The van der Waals surface area contributed by atoms with Gasteiger partial charge in [-0.05, 0) is 31.2 Å². The zero-order chi connectivity index (χ0) is 17.0. The molecule has 7 heteroatoms. The van der Waals surface area contributed by atoms with Crippen molar-refractivity contribution >= 4 is 18.0 Å². The second-order valence-corrected chi connectivity index (χ2v) is 5.39. The van der Waals surface area contributed by atoms with E-state index in [0.29, 0.717) is 22.6 Å². The van der Waals surface area contributed by atoms with E-state index in [1.165, 1.54) is 14.0 Å². The van der Waals surface area contributed by atoms with E-state index in [1.807, 2.05) is 0 Å². The first-order valence-corrected chi connectivity index (χ1v) is 6.96. The van der Waals surface area contributed by atoms with E-state index in [9.17, 15) is 14.7 Å². The van der Waals surface area contributed by atoms with Crippen LogP contribution in [0.2, 0.25) is 0 Å². The van der Waals surface area contributed by atoms with E-state index in [4.69, 9.17) is 14.2 Å². The predicted molar refractivity (Wildman–Crippen MR) is 82.5 cm³/mol. The molecule has 0 spiro atoms. The Hall–Kier alpha value is -2.54. The molecule has 0 fully saturated rings. The summed E-state index contributed by atoms with van der Waals surface area (Å²) in [7, 11) is 2.92. The molecule has 0 aromatic heterocycles. The largest absolute Gasteiger partial charge is 0.497 e. The standard InChI is InChI=1S/C16H19NO6/c1-16(9-21-2,15(19)20)17-14(18)11-6-10-7-12(22-3)4-5-13(10)23-8-11/h4-7H,8-9H2,1-3H3,(H,17,18)(H,19,20). The highest BCUT2D eigenvalue weighted by atomic mass is 16.5. The third-order valence-electron chi connectivity index (χ3n) is 3.52. The van der Waals surface area contributed by atoms with Crippen molar-refractivity contribution in [2.24, 2.45) is 0 Å². The molecule has 1 aromatic rings. The molecule has 1 aromatic carbocycles. The number of aliphatic carboxylic acids is 1. The summed E-state index contributed by atoms with van der Waals surface area (Å²) in [4.78, 5) is 23.7. The molecule has 0 saturated carbocycles. The molecular weight excluding hydrogens is 302 g/mol. The van der Waals surface area contributed by atoms with Crippen LogP contribution >= 0.6 is 0 Å². The van der Waals surface area contributed by atoms with Crippen LogP contribution in [-0.4, -0.2) is 50.0 Å². The average molecular weight is 321 g/mol. The lowest BCUT2D eigenvalue weighted by Crippen LogP contribution is -2.56. The van der Waals surface area contributed by atoms with Crippen LogP contribution in [0, 0.1) is 0 Å². The first kappa shape index (κ1) is 16.8. The SMILES string of the molecule is COCC(C)(NC(=O)C1=Cc2cc(OC)ccc2OC1)C(=O)O. The summed E-state index contributed by atoms with van der Waals surface area (Å²) in [5.41, 5.74) is -0.486. The van der Waals surface area contributed by atoms with Gasteiger partial charge in [0.1, 0.15) is 18.1 Å². The van der Waals surface area contributed by atoms with Gasteiger partial charge in [0, 0.05) is 12.7 Å². The minimum Gasteiger partial charge on any atom is -0.497 e. The lowest BCUT2D eigenvalue weighted by molar-refractivity contribution is -0.148. The van der Waals surface area contributed by atoms with E-state index in [2.05, 4.69) is 5.32 Å². The number of carbonyl (C=O) groups is 2. The molecular formula is C16H19NO6. The van der Waals surface area contributed by atoms with Crippen LogP contribution in [0.5, 0.6) is 11.5 Å². The zero-order valence-corrected chi connectivity index (χ0v) is 13.2. The van der Waals surface area contributed by atoms with Crippen LogP contribution in [0.25, 0.3) is 6.08 Å². The van der Waals surface area contributed by atoms with Gasteiger partial charge in [0.2, 0.25) is 0 Å². The van der Waals surface area contributed by atoms with Crippen LogP contribution in [-0.2, 0) is 14.3 Å². The maximum Gasteiger partial charge on any atom is 0.331 e. The van der Waals surface area contributed by atoms with Gasteiger partial charge < -0.3 is 24.6 Å². The predicted octanol–water partition coefficient (Wildman–Crippen LogP) is 1.08. The van der Waals surface area contributed by atoms with Gasteiger partial charge in [0.05, 0.1) is 19.3 Å². The first-order valence-electron chi connectivity index (χ1n) is 6.96. The second kappa shape index (κ2) is 6.70. The Balaban J connectivity index is 2.22. The number of carboxylic acid groups (broad SMARTS) is 1. The number of hydrogen-bond acceptors (Lipinski definition) is 5. The Kier molecular flexibility index (Phi) is 4.90. The molecule has 2 rings (SSSR count). The number of rotatable bonds is 6. The number of amides is 1. The number of methoxy groups -OCH3 is 2. The monoisotopic (exact) mass is 321 g/mol. The van der Waals surface area contributed by atoms with Crippen molar-refractivity contribution in [3.8, 4) is 11.5 Å². The highest BCUT2D eigenvalue weighted by Crippen LogP contribution is 2.30. The van der Waals surface area contributed by atoms with Crippen molar-refractivity contribution in [1.29, 1.82) is 0 Å². The minimum absolute atomic E-state index is 0.0633. The fourth-order valence-corrected chi connectivity index (χ4v) is 2.18. The highest BCUT2D eigenvalue weighted by Gasteiger charge is 2.36. The van der Waals surface area contributed by atoms with E-state index < -0.39 is 17.4 Å². The maximum atomic E-state index is 12.3. The number of carbonyl (C=O) groups excluding carboxylic acids is 1. The number of hydrogen-bond donors (Lipinski definition) is 2. The minimum atomic E-state index is -1.51. The number of benzene rings is 1. The second-order valence-electron chi connectivity index (χ2n) is 5.39. The fourth-order valence-electron chi connectivity index (χ4n) is 2.18. The van der Waals surface area contributed by atoms with Gasteiger partial charge in [-0.1, -0.05) is 0 Å². The van der Waals surface area contributed by atoms with Crippen LogP contribution in [0.1, 0.15) is 12.5 Å². The summed E-state index contributed by atoms with van der Waals surface area (Å²) in [6.07, 6.45) is 1.66. The van der Waals surface area contributed by atoms with Crippen molar-refractivity contribution in [2.75, 3.05) is 27.4 Å². The Morgan fingerprint density at radius 2 is 2.13 bits per heavy atom. The molecule has 1 unspecified atom stereocenters. The summed E-state index contributed by atoms with van der Waals surface area (Å²) in [6, 6.07) is 5.26. The molecule has 1 aliphatic rings. The molecule has 1 atom stereocenters. The summed E-state index contributed by atoms with van der Waals surface area (Å²) >= 11 is 0. The molecule has 0 saturated heterocycles. The Morgan fingerprint density at radius 3 is 2.74 bits per heavy atom. The Morgan fingerprint density at radius 1 is 1.39 bits per heavy atom. The third-order valence-corrected chi connectivity index (χ3v) is 3.52. The molecule has 2 N–H and O–H groups in total. The fraction of sp³-hybridized carbons (Fsp3) is 0.375. The molecule has 7 nitrogen and oxygen atoms in total. The molecule has 0 bridgehead atoms. The van der Waals surface area contributed by atoms with Gasteiger partial charge in [0.15, 0.2) is 5.54 Å². The summed E-state index contributed by atoms with van der Waals surface area (Å²) in [5.74, 6) is -0.409. The van der Waals surface area contributed by atoms with Gasteiger partial charge in [-0.15, -0.1) is 0 Å². The molecule has 0 aliphatic carbocycles. The van der Waals surface area contributed by atoms with Gasteiger partial charge in [0.25, 0.3) is 5.91 Å². The van der Waals surface area contributed by atoms with Crippen molar-refractivity contribution in [3.05, 3.63) is 29.3 Å². The number of fused-ring (bicyclic) bond motifs is 1. The zero-order valence-electron chi connectivity index (χ0n) is 13.2. The molecule has 0 radical (unpaired) electrons. The van der Waals surface area contributed by atoms with Crippen molar-refractivity contribution in [2.45, 2.75) is 12.5 Å².